The summed E-state index contributed by atoms with van der Waals surface area (Å²) in [6, 6.07) is 1.61. The second kappa shape index (κ2) is 5.95. The number of nitrogens with one attached hydrogen (secondary N) is 1. The van der Waals surface area contributed by atoms with Crippen LogP contribution >= 0.6 is 11.3 Å². The first kappa shape index (κ1) is 14.6. The number of hydrogen-bond donors (Lipinski definition) is 2. The Labute approximate surface area is 107 Å². The molecular formula is C11H20N2O2S2. The lowest BCUT2D eigenvalue weighted by atomic mass is 10.0. The van der Waals surface area contributed by atoms with E-state index in [1.165, 1.54) is 11.3 Å². The van der Waals surface area contributed by atoms with Crippen LogP contribution in [0.25, 0.3) is 0 Å². The van der Waals surface area contributed by atoms with Gasteiger partial charge in [-0.05, 0) is 18.4 Å². The van der Waals surface area contributed by atoms with Gasteiger partial charge in [0.2, 0.25) is 10.0 Å². The van der Waals surface area contributed by atoms with Crippen molar-refractivity contribution in [1.29, 1.82) is 0 Å². The van der Waals surface area contributed by atoms with E-state index in [4.69, 9.17) is 5.73 Å². The van der Waals surface area contributed by atoms with Gasteiger partial charge in [-0.15, -0.1) is 11.3 Å². The van der Waals surface area contributed by atoms with E-state index in [9.17, 15) is 8.42 Å². The maximum Gasteiger partial charge on any atom is 0.241 e. The minimum Gasteiger partial charge on any atom is -0.326 e. The molecule has 1 aromatic heterocycles. The van der Waals surface area contributed by atoms with Crippen molar-refractivity contribution in [2.24, 2.45) is 11.7 Å². The van der Waals surface area contributed by atoms with Crippen molar-refractivity contribution in [1.82, 2.24) is 4.72 Å². The van der Waals surface area contributed by atoms with Crippen molar-refractivity contribution in [3.05, 3.63) is 16.3 Å². The fraction of sp³-hybridized carbons (Fsp3) is 0.636. The summed E-state index contributed by atoms with van der Waals surface area (Å²) in [7, 11) is -3.40. The fourth-order valence-corrected chi connectivity index (χ4v) is 4.19. The zero-order chi connectivity index (χ0) is 13.1. The Morgan fingerprint density at radius 2 is 2.12 bits per heavy atom. The third kappa shape index (κ3) is 3.77. The highest BCUT2D eigenvalue weighted by Gasteiger charge is 2.22. The molecule has 1 rings (SSSR count). The summed E-state index contributed by atoms with van der Waals surface area (Å²) in [5.74, 6) is 0.280. The summed E-state index contributed by atoms with van der Waals surface area (Å²) in [5, 5.41) is 1.64. The molecule has 1 unspecified atom stereocenters. The summed E-state index contributed by atoms with van der Waals surface area (Å²) in [6.07, 6.45) is 0.783. The predicted molar refractivity (Wildman–Crippen MR) is 71.4 cm³/mol. The third-order valence-electron chi connectivity index (χ3n) is 2.69. The first-order valence-corrected chi connectivity index (χ1v) is 8.06. The second-order valence-corrected chi connectivity index (χ2v) is 7.04. The largest absolute Gasteiger partial charge is 0.326 e. The van der Waals surface area contributed by atoms with E-state index in [0.29, 0.717) is 11.4 Å². The van der Waals surface area contributed by atoms with E-state index < -0.39 is 10.0 Å². The molecule has 98 valence electrons. The average molecular weight is 276 g/mol. The molecule has 4 nitrogen and oxygen atoms in total. The van der Waals surface area contributed by atoms with E-state index >= 15 is 0 Å². The molecule has 0 aliphatic heterocycles. The molecule has 0 spiro atoms. The molecule has 0 saturated heterocycles. The molecule has 1 atom stereocenters. The van der Waals surface area contributed by atoms with E-state index in [-0.39, 0.29) is 12.0 Å². The Bertz CT molecular complexity index is 452. The van der Waals surface area contributed by atoms with Gasteiger partial charge < -0.3 is 5.73 Å². The van der Waals surface area contributed by atoms with Gasteiger partial charge in [-0.1, -0.05) is 20.8 Å². The van der Waals surface area contributed by atoms with E-state index in [1.54, 1.807) is 11.4 Å². The van der Waals surface area contributed by atoms with Gasteiger partial charge in [0.05, 0.1) is 4.90 Å². The highest BCUT2D eigenvalue weighted by Crippen LogP contribution is 2.20. The van der Waals surface area contributed by atoms with E-state index in [1.807, 2.05) is 20.8 Å². The van der Waals surface area contributed by atoms with E-state index in [2.05, 4.69) is 4.72 Å². The number of nitrogens with two attached hydrogens (primary N) is 1. The molecule has 0 bridgehead atoms. The molecule has 0 radical (unpaired) electrons. The molecule has 0 aliphatic rings. The quantitative estimate of drug-likeness (QED) is 0.834. The summed E-state index contributed by atoms with van der Waals surface area (Å²) >= 11 is 1.38. The second-order valence-electron chi connectivity index (χ2n) is 4.33. The summed E-state index contributed by atoms with van der Waals surface area (Å²) < 4.78 is 26.9. The average Bonchev–Trinajstić information content (AvgIpc) is 2.74. The fourth-order valence-electron chi connectivity index (χ4n) is 1.57. The lowest BCUT2D eigenvalue weighted by Gasteiger charge is -2.20. The smallest absolute Gasteiger partial charge is 0.241 e. The van der Waals surface area contributed by atoms with Crippen LogP contribution in [-0.4, -0.2) is 14.5 Å². The van der Waals surface area contributed by atoms with Crippen LogP contribution in [0, 0.1) is 5.92 Å². The molecular weight excluding hydrogens is 256 g/mol. The zero-order valence-corrected chi connectivity index (χ0v) is 12.1. The summed E-state index contributed by atoms with van der Waals surface area (Å²) in [5.41, 5.74) is 5.48. The highest BCUT2D eigenvalue weighted by atomic mass is 32.2. The maximum absolute atomic E-state index is 12.1. The monoisotopic (exact) mass is 276 g/mol. The van der Waals surface area contributed by atoms with Crippen molar-refractivity contribution in [2.75, 3.05) is 0 Å². The van der Waals surface area contributed by atoms with Gasteiger partial charge in [-0.3, -0.25) is 0 Å². The van der Waals surface area contributed by atoms with Crippen LogP contribution in [0.15, 0.2) is 16.3 Å². The van der Waals surface area contributed by atoms with Gasteiger partial charge >= 0.3 is 0 Å². The Balaban J connectivity index is 2.88. The van der Waals surface area contributed by atoms with Gasteiger partial charge in [0, 0.05) is 22.8 Å². The number of rotatable bonds is 6. The molecule has 3 N–H and O–H groups in total. The van der Waals surface area contributed by atoms with E-state index in [0.717, 1.165) is 11.3 Å². The molecule has 0 amide bonds. The van der Waals surface area contributed by atoms with Crippen LogP contribution in [0.3, 0.4) is 0 Å². The highest BCUT2D eigenvalue weighted by molar-refractivity contribution is 7.89. The predicted octanol–water partition coefficient (Wildman–Crippen LogP) is 1.92. The standard InChI is InChI=1S/C11H20N2O2S2/c1-4-11(8(2)3)13-17(14,15)10-5-9(6-12)16-7-10/h5,7-8,11,13H,4,6,12H2,1-3H3. The third-order valence-corrected chi connectivity index (χ3v) is 5.27. The SMILES string of the molecule is CCC(NS(=O)(=O)c1csc(CN)c1)C(C)C. The summed E-state index contributed by atoms with van der Waals surface area (Å²) in [4.78, 5) is 1.20. The van der Waals surface area contributed by atoms with Gasteiger partial charge in [0.15, 0.2) is 0 Å². The molecule has 0 saturated carbocycles. The minimum atomic E-state index is -3.40. The van der Waals surface area contributed by atoms with Crippen LogP contribution in [0.2, 0.25) is 0 Å². The van der Waals surface area contributed by atoms with Crippen LogP contribution < -0.4 is 10.5 Å². The molecule has 1 heterocycles. The van der Waals surface area contributed by atoms with Gasteiger partial charge in [0.1, 0.15) is 0 Å². The molecule has 0 fully saturated rings. The van der Waals surface area contributed by atoms with Gasteiger partial charge in [-0.2, -0.15) is 0 Å². The molecule has 1 aromatic rings. The molecule has 6 heteroatoms. The van der Waals surface area contributed by atoms with Crippen LogP contribution in [-0.2, 0) is 16.6 Å². The van der Waals surface area contributed by atoms with Crippen molar-refractivity contribution < 1.29 is 8.42 Å². The van der Waals surface area contributed by atoms with Crippen molar-refractivity contribution in [2.45, 2.75) is 44.7 Å². The lowest BCUT2D eigenvalue weighted by Crippen LogP contribution is -2.37. The van der Waals surface area contributed by atoms with Crippen LogP contribution in [0.4, 0.5) is 0 Å². The van der Waals surface area contributed by atoms with Gasteiger partial charge in [-0.25, -0.2) is 13.1 Å². The molecule has 0 aliphatic carbocycles. The first-order valence-electron chi connectivity index (χ1n) is 5.70. The lowest BCUT2D eigenvalue weighted by molar-refractivity contribution is 0.437. The Morgan fingerprint density at radius 3 is 2.53 bits per heavy atom. The molecule has 0 aromatic carbocycles. The number of thiophene rings is 1. The van der Waals surface area contributed by atoms with Gasteiger partial charge in [0.25, 0.3) is 0 Å². The van der Waals surface area contributed by atoms with Crippen LogP contribution in [0.1, 0.15) is 32.1 Å². The zero-order valence-electron chi connectivity index (χ0n) is 10.4. The molecule has 17 heavy (non-hydrogen) atoms. The number of sulfonamides is 1. The maximum atomic E-state index is 12.1. The van der Waals surface area contributed by atoms with Crippen molar-refractivity contribution in [3.63, 3.8) is 0 Å². The number of hydrogen-bond acceptors (Lipinski definition) is 4. The topological polar surface area (TPSA) is 72.2 Å². The Kier molecular flexibility index (Phi) is 5.12. The Morgan fingerprint density at radius 1 is 1.47 bits per heavy atom. The summed E-state index contributed by atoms with van der Waals surface area (Å²) in [6.45, 7) is 6.37. The van der Waals surface area contributed by atoms with Crippen LogP contribution in [0.5, 0.6) is 0 Å². The minimum absolute atomic E-state index is 0.0266. The first-order chi connectivity index (χ1) is 7.90. The Hall–Kier alpha value is -0.430. The van der Waals surface area contributed by atoms with Crippen molar-refractivity contribution >= 4 is 21.4 Å². The van der Waals surface area contributed by atoms with Crippen molar-refractivity contribution in [3.8, 4) is 0 Å². The normalized spacial score (nSPS) is 14.2.